The normalized spacial score (nSPS) is 14.8. The number of hydrogen-bond acceptors (Lipinski definition) is 8. The van der Waals surface area contributed by atoms with Crippen molar-refractivity contribution in [2.24, 2.45) is 0 Å². The number of halogens is 1. The molecule has 1 aromatic heterocycles. The van der Waals surface area contributed by atoms with Gasteiger partial charge in [-0.2, -0.15) is 4.98 Å². The zero-order chi connectivity index (χ0) is 26.5. The molecule has 3 aromatic rings. The largest absolute Gasteiger partial charge is 0.493 e. The number of thioether (sulfide) groups is 1. The molecular weight excluding hydrogens is 512 g/mol. The molecule has 196 valence electrons. The van der Waals surface area contributed by atoms with E-state index in [0.717, 1.165) is 23.3 Å². The van der Waals surface area contributed by atoms with E-state index in [0.29, 0.717) is 45.5 Å². The second kappa shape index (κ2) is 11.9. The number of anilines is 1. The van der Waals surface area contributed by atoms with E-state index in [-0.39, 0.29) is 6.10 Å². The first-order valence-corrected chi connectivity index (χ1v) is 13.5. The van der Waals surface area contributed by atoms with Crippen LogP contribution in [0.15, 0.2) is 58.9 Å². The Balaban J connectivity index is 1.72. The van der Waals surface area contributed by atoms with Gasteiger partial charge in [-0.05, 0) is 51.0 Å². The van der Waals surface area contributed by atoms with Gasteiger partial charge in [-0.15, -0.1) is 5.10 Å². The number of hydrogen-bond donors (Lipinski definition) is 1. The van der Waals surface area contributed by atoms with Crippen molar-refractivity contribution in [1.82, 2.24) is 14.8 Å². The van der Waals surface area contributed by atoms with Gasteiger partial charge in [-0.25, -0.2) is 9.48 Å². The van der Waals surface area contributed by atoms with Gasteiger partial charge in [-0.1, -0.05) is 54.6 Å². The minimum absolute atomic E-state index is 0.267. The summed E-state index contributed by atoms with van der Waals surface area (Å²) in [5.41, 5.74) is 2.79. The Morgan fingerprint density at radius 1 is 1.22 bits per heavy atom. The maximum Gasteiger partial charge on any atom is 0.338 e. The Bertz CT molecular complexity index is 1310. The number of allylic oxidation sites excluding steroid dienone is 1. The molecule has 2 aromatic carbocycles. The number of carbonyl (C=O) groups excluding carboxylic acids is 1. The Hall–Kier alpha value is -3.17. The average Bonchev–Trinajstić information content (AvgIpc) is 3.27. The van der Waals surface area contributed by atoms with Gasteiger partial charge in [-0.3, -0.25) is 0 Å². The van der Waals surface area contributed by atoms with Crippen LogP contribution in [0.5, 0.6) is 11.5 Å². The van der Waals surface area contributed by atoms with Gasteiger partial charge < -0.3 is 19.5 Å². The summed E-state index contributed by atoms with van der Waals surface area (Å²) in [6.07, 6.45) is 0.734. The molecule has 10 heteroatoms. The number of esters is 1. The third-order valence-corrected chi connectivity index (χ3v) is 7.09. The van der Waals surface area contributed by atoms with Gasteiger partial charge in [0.15, 0.2) is 11.5 Å². The standard InChI is InChI=1S/C27H31ClN4O4S/c1-6-13-37-27-30-26-29-17(4)23(25(33)36-16(2)3)24(32(26)31-27)18-11-12-21(22(14-18)34-5)35-15-19-9-7-8-10-20(19)28/h7-12,14,16,24H,6,13,15H2,1-5H3,(H,29,30,31). The molecule has 0 spiro atoms. The SMILES string of the molecule is CCCSc1nc2n(n1)C(c1ccc(OCc3ccccc3Cl)c(OC)c1)C(C(=O)OC(C)C)=C(C)N2. The predicted octanol–water partition coefficient (Wildman–Crippen LogP) is 6.26. The van der Waals surface area contributed by atoms with Crippen LogP contribution in [0, 0.1) is 0 Å². The summed E-state index contributed by atoms with van der Waals surface area (Å²) in [6.45, 7) is 7.90. The summed E-state index contributed by atoms with van der Waals surface area (Å²) < 4.78 is 19.1. The van der Waals surface area contributed by atoms with Crippen molar-refractivity contribution in [2.45, 2.75) is 58.0 Å². The van der Waals surface area contributed by atoms with Crippen molar-refractivity contribution < 1.29 is 19.0 Å². The number of nitrogens with one attached hydrogen (secondary N) is 1. The van der Waals surface area contributed by atoms with E-state index >= 15 is 0 Å². The summed E-state index contributed by atoms with van der Waals surface area (Å²) in [7, 11) is 1.58. The minimum Gasteiger partial charge on any atom is -0.493 e. The van der Waals surface area contributed by atoms with Crippen LogP contribution in [-0.2, 0) is 16.1 Å². The Morgan fingerprint density at radius 2 is 2.00 bits per heavy atom. The monoisotopic (exact) mass is 542 g/mol. The van der Waals surface area contributed by atoms with Crippen LogP contribution in [-0.4, -0.2) is 39.7 Å². The van der Waals surface area contributed by atoms with Gasteiger partial charge in [0.1, 0.15) is 12.6 Å². The number of aromatic nitrogens is 3. The first kappa shape index (κ1) is 26.9. The van der Waals surface area contributed by atoms with E-state index in [2.05, 4.69) is 17.2 Å². The highest BCUT2D eigenvalue weighted by Crippen LogP contribution is 2.40. The topological polar surface area (TPSA) is 87.5 Å². The predicted molar refractivity (Wildman–Crippen MR) is 146 cm³/mol. The number of carbonyl (C=O) groups is 1. The molecule has 1 N–H and O–H groups in total. The van der Waals surface area contributed by atoms with Crippen molar-refractivity contribution in [3.8, 4) is 11.5 Å². The van der Waals surface area contributed by atoms with E-state index in [9.17, 15) is 4.79 Å². The Morgan fingerprint density at radius 3 is 2.70 bits per heavy atom. The van der Waals surface area contributed by atoms with Gasteiger partial charge in [0.25, 0.3) is 0 Å². The minimum atomic E-state index is -0.558. The van der Waals surface area contributed by atoms with Gasteiger partial charge >= 0.3 is 5.97 Å². The van der Waals surface area contributed by atoms with Crippen LogP contribution >= 0.6 is 23.4 Å². The molecule has 0 radical (unpaired) electrons. The lowest BCUT2D eigenvalue weighted by atomic mass is 9.95. The molecule has 0 bridgehead atoms. The van der Waals surface area contributed by atoms with Crippen molar-refractivity contribution in [3.05, 3.63) is 69.9 Å². The van der Waals surface area contributed by atoms with Gasteiger partial charge in [0.2, 0.25) is 11.1 Å². The van der Waals surface area contributed by atoms with Crippen molar-refractivity contribution in [3.63, 3.8) is 0 Å². The molecule has 0 saturated carbocycles. The highest BCUT2D eigenvalue weighted by atomic mass is 35.5. The molecule has 1 aliphatic rings. The lowest BCUT2D eigenvalue weighted by Crippen LogP contribution is -2.30. The number of fused-ring (bicyclic) bond motifs is 1. The number of methoxy groups -OCH3 is 1. The summed E-state index contributed by atoms with van der Waals surface area (Å²) >= 11 is 7.86. The van der Waals surface area contributed by atoms with E-state index < -0.39 is 12.0 Å². The second-order valence-corrected chi connectivity index (χ2v) is 10.3. The van der Waals surface area contributed by atoms with E-state index in [1.165, 1.54) is 0 Å². The second-order valence-electron chi connectivity index (χ2n) is 8.82. The maximum absolute atomic E-state index is 13.2. The molecule has 1 atom stereocenters. The summed E-state index contributed by atoms with van der Waals surface area (Å²) in [5, 5.41) is 9.25. The van der Waals surface area contributed by atoms with Crippen molar-refractivity contribution in [1.29, 1.82) is 0 Å². The van der Waals surface area contributed by atoms with Crippen LogP contribution in [0.4, 0.5) is 5.95 Å². The van der Waals surface area contributed by atoms with E-state index in [4.69, 9.17) is 30.9 Å². The summed E-state index contributed by atoms with van der Waals surface area (Å²) in [6, 6.07) is 12.6. The lowest BCUT2D eigenvalue weighted by Gasteiger charge is -2.29. The molecule has 0 amide bonds. The molecule has 37 heavy (non-hydrogen) atoms. The first-order valence-electron chi connectivity index (χ1n) is 12.1. The number of benzene rings is 2. The van der Waals surface area contributed by atoms with Crippen molar-refractivity contribution in [2.75, 3.05) is 18.2 Å². The molecule has 4 rings (SSSR count). The maximum atomic E-state index is 13.2. The quantitative estimate of drug-likeness (QED) is 0.237. The third kappa shape index (κ3) is 6.05. The molecule has 1 aliphatic heterocycles. The fourth-order valence-corrected chi connectivity index (χ4v) is 4.85. The molecule has 0 aliphatic carbocycles. The average molecular weight is 543 g/mol. The fraction of sp³-hybridized carbons (Fsp3) is 0.370. The molecule has 2 heterocycles. The first-order chi connectivity index (χ1) is 17.8. The van der Waals surface area contributed by atoms with Crippen LogP contribution in [0.3, 0.4) is 0 Å². The molecular formula is C27H31ClN4O4S. The molecule has 0 fully saturated rings. The summed E-state index contributed by atoms with van der Waals surface area (Å²) in [5.74, 6) is 2.14. The van der Waals surface area contributed by atoms with Gasteiger partial charge in [0, 0.05) is 22.0 Å². The molecule has 0 saturated heterocycles. The fourth-order valence-electron chi connectivity index (χ4n) is 3.98. The third-order valence-electron chi connectivity index (χ3n) is 5.68. The molecule has 1 unspecified atom stereocenters. The highest BCUT2D eigenvalue weighted by Gasteiger charge is 2.36. The zero-order valence-electron chi connectivity index (χ0n) is 21.6. The smallest absolute Gasteiger partial charge is 0.338 e. The van der Waals surface area contributed by atoms with Crippen molar-refractivity contribution >= 4 is 35.3 Å². The Labute approximate surface area is 226 Å². The summed E-state index contributed by atoms with van der Waals surface area (Å²) in [4.78, 5) is 17.9. The lowest BCUT2D eigenvalue weighted by molar-refractivity contribution is -0.143. The van der Waals surface area contributed by atoms with Crippen LogP contribution in [0.25, 0.3) is 0 Å². The van der Waals surface area contributed by atoms with Crippen LogP contribution in [0.2, 0.25) is 5.02 Å². The highest BCUT2D eigenvalue weighted by molar-refractivity contribution is 7.99. The van der Waals surface area contributed by atoms with Crippen LogP contribution in [0.1, 0.15) is 51.3 Å². The van der Waals surface area contributed by atoms with Crippen LogP contribution < -0.4 is 14.8 Å². The van der Waals surface area contributed by atoms with Gasteiger partial charge in [0.05, 0.1) is 18.8 Å². The molecule has 8 nitrogen and oxygen atoms in total. The number of ether oxygens (including phenoxy) is 3. The van der Waals surface area contributed by atoms with E-state index in [1.807, 2.05) is 63.2 Å². The Kier molecular flexibility index (Phi) is 8.66. The zero-order valence-corrected chi connectivity index (χ0v) is 23.2. The van der Waals surface area contributed by atoms with E-state index in [1.54, 1.807) is 23.6 Å². The number of nitrogens with zero attached hydrogens (tertiary/aromatic N) is 3. The number of rotatable bonds is 10.